The second-order valence-corrected chi connectivity index (χ2v) is 10.0. The maximum absolute atomic E-state index is 12.6. The molecule has 0 aliphatic heterocycles. The zero-order chi connectivity index (χ0) is 23.4. The van der Waals surface area contributed by atoms with Crippen LogP contribution in [0.4, 0.5) is 4.79 Å². The molecule has 0 saturated heterocycles. The summed E-state index contributed by atoms with van der Waals surface area (Å²) in [5, 5.41) is 12.4. The van der Waals surface area contributed by atoms with Gasteiger partial charge in [-0.15, -0.1) is 0 Å². The van der Waals surface area contributed by atoms with E-state index in [1.165, 1.54) is 24.4 Å². The number of aromatic nitrogens is 1. The Morgan fingerprint density at radius 2 is 1.88 bits per heavy atom. The first-order chi connectivity index (χ1) is 15.9. The van der Waals surface area contributed by atoms with E-state index in [0.29, 0.717) is 19.0 Å². The summed E-state index contributed by atoms with van der Waals surface area (Å²) >= 11 is 1.44. The van der Waals surface area contributed by atoms with E-state index in [0.717, 1.165) is 59.6 Å². The number of ether oxygens (including phenoxy) is 1. The van der Waals surface area contributed by atoms with E-state index in [4.69, 9.17) is 4.74 Å². The average Bonchev–Trinajstić information content (AvgIpc) is 3.48. The number of amides is 2. The molecule has 4 rings (SSSR count). The summed E-state index contributed by atoms with van der Waals surface area (Å²) in [5.74, 6) is -0.286. The highest BCUT2D eigenvalue weighted by molar-refractivity contribution is 7.09. The van der Waals surface area contributed by atoms with Gasteiger partial charge in [0.15, 0.2) is 0 Å². The van der Waals surface area contributed by atoms with Crippen LogP contribution >= 0.6 is 11.5 Å². The van der Waals surface area contributed by atoms with Gasteiger partial charge >= 0.3 is 12.0 Å². The second-order valence-electron chi connectivity index (χ2n) is 9.25. The predicted octanol–water partition coefficient (Wildman–Crippen LogP) is 5.22. The molecule has 0 bridgehead atoms. The van der Waals surface area contributed by atoms with Gasteiger partial charge in [-0.2, -0.15) is 4.37 Å². The number of nitrogens with zero attached hydrogens (tertiary/aromatic N) is 2. The van der Waals surface area contributed by atoms with Crippen molar-refractivity contribution in [2.75, 3.05) is 7.05 Å². The molecule has 2 aliphatic carbocycles. The number of carboxylic acids is 1. The minimum Gasteiger partial charge on any atom is -0.490 e. The van der Waals surface area contributed by atoms with E-state index in [2.05, 4.69) is 9.69 Å². The first-order valence-electron chi connectivity index (χ1n) is 11.9. The smallest absolute Gasteiger partial charge is 0.317 e. The van der Waals surface area contributed by atoms with Gasteiger partial charge in [0.1, 0.15) is 5.75 Å². The van der Waals surface area contributed by atoms with Crippen molar-refractivity contribution in [1.82, 2.24) is 14.6 Å². The lowest BCUT2D eigenvalue weighted by atomic mass is 9.87. The lowest BCUT2D eigenvalue weighted by Gasteiger charge is -2.27. The molecule has 1 heterocycles. The summed E-state index contributed by atoms with van der Waals surface area (Å²) in [6.45, 7) is 2.42. The molecule has 2 atom stereocenters. The number of nitrogens with one attached hydrogen (secondary N) is 1. The molecule has 2 aromatic rings. The molecule has 2 amide bonds. The number of carbonyl (C=O) groups is 2. The lowest BCUT2D eigenvalue weighted by Crippen LogP contribution is -2.42. The highest BCUT2D eigenvalue weighted by atomic mass is 32.1. The Balaban J connectivity index is 1.38. The van der Waals surface area contributed by atoms with Crippen LogP contribution in [0.25, 0.3) is 10.4 Å². The van der Waals surface area contributed by atoms with Crippen molar-refractivity contribution < 1.29 is 19.4 Å². The van der Waals surface area contributed by atoms with Gasteiger partial charge in [-0.1, -0.05) is 12.8 Å². The van der Waals surface area contributed by atoms with E-state index >= 15 is 0 Å². The van der Waals surface area contributed by atoms with Crippen LogP contribution in [0, 0.1) is 12.8 Å². The van der Waals surface area contributed by atoms with Crippen LogP contribution in [0.3, 0.4) is 0 Å². The standard InChI is InChI=1S/C25H33N3O4S/c1-16-22(15-26-25(31)28(2)19-7-3-4-8-19)23(33-27-16)17-10-12-20(13-11-17)32-21-9-5-6-18(14-21)24(29)30/h10-13,18-19,21H,3-9,14-15H2,1-2H3,(H,26,31)(H,29,30)/t18-,21-/m0/s1. The fourth-order valence-electron chi connectivity index (χ4n) is 4.92. The van der Waals surface area contributed by atoms with Gasteiger partial charge in [-0.3, -0.25) is 4.79 Å². The van der Waals surface area contributed by atoms with Crippen LogP contribution in [-0.4, -0.2) is 45.6 Å². The van der Waals surface area contributed by atoms with Crippen molar-refractivity contribution in [1.29, 1.82) is 0 Å². The van der Waals surface area contributed by atoms with Crippen molar-refractivity contribution in [2.45, 2.75) is 77.0 Å². The second kappa shape index (κ2) is 10.5. The van der Waals surface area contributed by atoms with Crippen LogP contribution in [-0.2, 0) is 11.3 Å². The van der Waals surface area contributed by atoms with Gasteiger partial charge in [0.05, 0.1) is 22.6 Å². The molecule has 2 fully saturated rings. The van der Waals surface area contributed by atoms with Crippen molar-refractivity contribution >= 4 is 23.5 Å². The SMILES string of the molecule is Cc1nsc(-c2ccc(O[C@H]3CCC[C@H](C(=O)O)C3)cc2)c1CNC(=O)N(C)C1CCCC1. The molecule has 1 aromatic carbocycles. The Morgan fingerprint density at radius 1 is 1.15 bits per heavy atom. The number of rotatable bonds is 7. The molecule has 2 aliphatic rings. The normalized spacial score (nSPS) is 21.0. The number of carbonyl (C=O) groups excluding carboxylic acids is 1. The topological polar surface area (TPSA) is 91.8 Å². The molecule has 33 heavy (non-hydrogen) atoms. The van der Waals surface area contributed by atoms with Crippen LogP contribution < -0.4 is 10.1 Å². The zero-order valence-corrected chi connectivity index (χ0v) is 20.2. The summed E-state index contributed by atoms with van der Waals surface area (Å²) in [6.07, 6.45) is 7.56. The third-order valence-electron chi connectivity index (χ3n) is 6.99. The fourth-order valence-corrected chi connectivity index (χ4v) is 5.83. The Bertz CT molecular complexity index is 969. The van der Waals surface area contributed by atoms with Gasteiger partial charge in [0, 0.05) is 25.2 Å². The number of hydrogen-bond donors (Lipinski definition) is 2. The minimum atomic E-state index is -0.728. The largest absolute Gasteiger partial charge is 0.490 e. The molecule has 8 heteroatoms. The summed E-state index contributed by atoms with van der Waals surface area (Å²) in [6, 6.07) is 8.20. The highest BCUT2D eigenvalue weighted by Gasteiger charge is 2.28. The highest BCUT2D eigenvalue weighted by Crippen LogP contribution is 2.33. The number of benzene rings is 1. The predicted molar refractivity (Wildman–Crippen MR) is 129 cm³/mol. The van der Waals surface area contributed by atoms with Gasteiger partial charge in [0.2, 0.25) is 0 Å². The van der Waals surface area contributed by atoms with Crippen molar-refractivity contribution in [3.63, 3.8) is 0 Å². The molecule has 7 nitrogen and oxygen atoms in total. The first kappa shape index (κ1) is 23.5. The Kier molecular flexibility index (Phi) is 7.53. The molecule has 2 N–H and O–H groups in total. The monoisotopic (exact) mass is 471 g/mol. The van der Waals surface area contributed by atoms with Crippen LogP contribution in [0.15, 0.2) is 24.3 Å². The molecule has 0 unspecified atom stereocenters. The quantitative estimate of drug-likeness (QED) is 0.577. The number of aryl methyl sites for hydroxylation is 1. The summed E-state index contributed by atoms with van der Waals surface area (Å²) in [4.78, 5) is 26.8. The van der Waals surface area contributed by atoms with Crippen molar-refractivity contribution in [3.05, 3.63) is 35.5 Å². The maximum Gasteiger partial charge on any atom is 0.317 e. The van der Waals surface area contributed by atoms with Crippen molar-refractivity contribution in [2.24, 2.45) is 5.92 Å². The third-order valence-corrected chi connectivity index (χ3v) is 8.02. The molecular weight excluding hydrogens is 438 g/mol. The van der Waals surface area contributed by atoms with Crippen LogP contribution in [0.1, 0.15) is 62.6 Å². The van der Waals surface area contributed by atoms with E-state index in [9.17, 15) is 14.7 Å². The Morgan fingerprint density at radius 3 is 2.58 bits per heavy atom. The number of carboxylic acid groups (broad SMARTS) is 1. The molecule has 1 aromatic heterocycles. The van der Waals surface area contributed by atoms with Crippen molar-refractivity contribution in [3.8, 4) is 16.2 Å². The van der Waals surface area contributed by atoms with E-state index in [1.54, 1.807) is 0 Å². The van der Waals surface area contributed by atoms with Crippen LogP contribution in [0.5, 0.6) is 5.75 Å². The zero-order valence-electron chi connectivity index (χ0n) is 19.4. The average molecular weight is 472 g/mol. The summed E-state index contributed by atoms with van der Waals surface area (Å²) < 4.78 is 10.6. The maximum atomic E-state index is 12.6. The first-order valence-corrected chi connectivity index (χ1v) is 12.7. The van der Waals surface area contributed by atoms with Gasteiger partial charge in [-0.25, -0.2) is 4.79 Å². The van der Waals surface area contributed by atoms with Crippen LogP contribution in [0.2, 0.25) is 0 Å². The molecule has 0 radical (unpaired) electrons. The molecule has 0 spiro atoms. The lowest BCUT2D eigenvalue weighted by molar-refractivity contribution is -0.143. The number of urea groups is 1. The molecular formula is C25H33N3O4S. The van der Waals surface area contributed by atoms with E-state index < -0.39 is 5.97 Å². The Hall–Kier alpha value is -2.61. The fraction of sp³-hybridized carbons (Fsp3) is 0.560. The van der Waals surface area contributed by atoms with Gasteiger partial charge < -0.3 is 20.1 Å². The number of aliphatic carboxylic acids is 1. The summed E-state index contributed by atoms with van der Waals surface area (Å²) in [5.41, 5.74) is 3.01. The number of hydrogen-bond acceptors (Lipinski definition) is 5. The Labute approximate surface area is 199 Å². The van der Waals surface area contributed by atoms with E-state index in [-0.39, 0.29) is 18.1 Å². The summed E-state index contributed by atoms with van der Waals surface area (Å²) in [7, 11) is 1.88. The molecule has 2 saturated carbocycles. The molecule has 178 valence electrons. The van der Waals surface area contributed by atoms with E-state index in [1.807, 2.05) is 43.1 Å². The third kappa shape index (κ3) is 5.66. The van der Waals surface area contributed by atoms with Gasteiger partial charge in [0.25, 0.3) is 0 Å². The van der Waals surface area contributed by atoms with Gasteiger partial charge in [-0.05, 0) is 86.8 Å². The minimum absolute atomic E-state index is 0.0330.